The van der Waals surface area contributed by atoms with Crippen molar-refractivity contribution in [1.82, 2.24) is 15.1 Å². The minimum absolute atomic E-state index is 0.370. The van der Waals surface area contributed by atoms with Crippen LogP contribution in [0.3, 0.4) is 0 Å². The Labute approximate surface area is 126 Å². The van der Waals surface area contributed by atoms with Crippen molar-refractivity contribution in [2.24, 2.45) is 7.05 Å². The van der Waals surface area contributed by atoms with Crippen molar-refractivity contribution in [3.8, 4) is 0 Å². The van der Waals surface area contributed by atoms with E-state index in [0.29, 0.717) is 6.04 Å². The first kappa shape index (κ1) is 15.1. The van der Waals surface area contributed by atoms with Gasteiger partial charge < -0.3 is 5.32 Å². The predicted molar refractivity (Wildman–Crippen MR) is 84.3 cm³/mol. The van der Waals surface area contributed by atoms with Crippen molar-refractivity contribution >= 4 is 11.6 Å². The summed E-state index contributed by atoms with van der Waals surface area (Å²) >= 11 is 6.26. The molecule has 20 heavy (non-hydrogen) atoms. The van der Waals surface area contributed by atoms with Gasteiger partial charge in [0.25, 0.3) is 0 Å². The third-order valence-corrected chi connectivity index (χ3v) is 3.84. The number of benzene rings is 1. The van der Waals surface area contributed by atoms with Gasteiger partial charge in [-0.2, -0.15) is 5.10 Å². The zero-order valence-corrected chi connectivity index (χ0v) is 13.1. The van der Waals surface area contributed by atoms with E-state index in [1.807, 2.05) is 36.9 Å². The van der Waals surface area contributed by atoms with Gasteiger partial charge in [0.2, 0.25) is 0 Å². The molecule has 0 amide bonds. The minimum Gasteiger partial charge on any atom is -0.314 e. The van der Waals surface area contributed by atoms with Gasteiger partial charge in [-0.15, -0.1) is 0 Å². The summed E-state index contributed by atoms with van der Waals surface area (Å²) in [5.74, 6) is 0. The lowest BCUT2D eigenvalue weighted by Crippen LogP contribution is -2.33. The van der Waals surface area contributed by atoms with Gasteiger partial charge in [0, 0.05) is 30.2 Å². The van der Waals surface area contributed by atoms with Crippen LogP contribution in [0.2, 0.25) is 5.02 Å². The van der Waals surface area contributed by atoms with Gasteiger partial charge >= 0.3 is 0 Å². The SMILES string of the molecule is CCNC(Cc1ccccc1Cl)Cc1cc(C)nn1C. The number of nitrogens with one attached hydrogen (secondary N) is 1. The van der Waals surface area contributed by atoms with Crippen LogP contribution in [0.5, 0.6) is 0 Å². The van der Waals surface area contributed by atoms with Crippen molar-refractivity contribution < 1.29 is 0 Å². The van der Waals surface area contributed by atoms with E-state index in [0.717, 1.165) is 30.1 Å². The zero-order valence-electron chi connectivity index (χ0n) is 12.4. The molecule has 0 radical (unpaired) electrons. The van der Waals surface area contributed by atoms with Gasteiger partial charge in [0.15, 0.2) is 0 Å². The van der Waals surface area contributed by atoms with Crippen LogP contribution in [0.1, 0.15) is 23.9 Å². The fraction of sp³-hybridized carbons (Fsp3) is 0.438. The topological polar surface area (TPSA) is 29.9 Å². The first-order valence-corrected chi connectivity index (χ1v) is 7.44. The Balaban J connectivity index is 2.11. The first-order valence-electron chi connectivity index (χ1n) is 7.06. The minimum atomic E-state index is 0.370. The lowest BCUT2D eigenvalue weighted by atomic mass is 10.0. The highest BCUT2D eigenvalue weighted by Crippen LogP contribution is 2.18. The van der Waals surface area contributed by atoms with Crippen LogP contribution >= 0.6 is 11.6 Å². The third-order valence-electron chi connectivity index (χ3n) is 3.47. The Morgan fingerprint density at radius 1 is 1.30 bits per heavy atom. The van der Waals surface area contributed by atoms with E-state index < -0.39 is 0 Å². The zero-order chi connectivity index (χ0) is 14.5. The maximum absolute atomic E-state index is 6.26. The van der Waals surface area contributed by atoms with Crippen LogP contribution in [0.25, 0.3) is 0 Å². The molecule has 1 unspecified atom stereocenters. The molecule has 3 nitrogen and oxygen atoms in total. The van der Waals surface area contributed by atoms with Crippen molar-refractivity contribution in [1.29, 1.82) is 0 Å². The summed E-state index contributed by atoms with van der Waals surface area (Å²) in [6.07, 6.45) is 1.88. The van der Waals surface area contributed by atoms with E-state index in [4.69, 9.17) is 11.6 Å². The number of aromatic nitrogens is 2. The number of nitrogens with zero attached hydrogens (tertiary/aromatic N) is 2. The molecule has 0 aliphatic carbocycles. The van der Waals surface area contributed by atoms with Crippen LogP contribution in [0.4, 0.5) is 0 Å². The predicted octanol–water partition coefficient (Wildman–Crippen LogP) is 3.15. The molecule has 0 fully saturated rings. The van der Waals surface area contributed by atoms with Crippen LogP contribution < -0.4 is 5.32 Å². The molecule has 2 aromatic rings. The number of rotatable bonds is 6. The summed E-state index contributed by atoms with van der Waals surface area (Å²) in [4.78, 5) is 0. The largest absolute Gasteiger partial charge is 0.314 e. The number of aryl methyl sites for hydroxylation is 2. The Bertz CT molecular complexity index is 563. The van der Waals surface area contributed by atoms with Gasteiger partial charge in [-0.25, -0.2) is 0 Å². The summed E-state index contributed by atoms with van der Waals surface area (Å²) in [7, 11) is 2.00. The average Bonchev–Trinajstić information content (AvgIpc) is 2.71. The summed E-state index contributed by atoms with van der Waals surface area (Å²) in [5.41, 5.74) is 3.51. The van der Waals surface area contributed by atoms with Crippen LogP contribution in [-0.4, -0.2) is 22.4 Å². The quantitative estimate of drug-likeness (QED) is 0.886. The molecule has 0 spiro atoms. The van der Waals surface area contributed by atoms with Crippen molar-refractivity contribution in [2.75, 3.05) is 6.54 Å². The van der Waals surface area contributed by atoms with Crippen LogP contribution in [0, 0.1) is 6.92 Å². The second-order valence-electron chi connectivity index (χ2n) is 5.15. The number of halogens is 1. The third kappa shape index (κ3) is 3.84. The highest BCUT2D eigenvalue weighted by Gasteiger charge is 2.14. The van der Waals surface area contributed by atoms with Gasteiger partial charge in [0.1, 0.15) is 0 Å². The summed E-state index contributed by atoms with van der Waals surface area (Å²) in [6.45, 7) is 5.11. The Kier molecular flexibility index (Phi) is 5.21. The van der Waals surface area contributed by atoms with Crippen LogP contribution in [0.15, 0.2) is 30.3 Å². The maximum atomic E-state index is 6.26. The Morgan fingerprint density at radius 3 is 2.65 bits per heavy atom. The molecule has 1 N–H and O–H groups in total. The monoisotopic (exact) mass is 291 g/mol. The molecule has 0 bridgehead atoms. The molecule has 1 aromatic carbocycles. The fourth-order valence-electron chi connectivity index (χ4n) is 2.54. The smallest absolute Gasteiger partial charge is 0.0596 e. The highest BCUT2D eigenvalue weighted by atomic mass is 35.5. The normalized spacial score (nSPS) is 12.6. The molecule has 1 heterocycles. The van der Waals surface area contributed by atoms with E-state index in [9.17, 15) is 0 Å². The van der Waals surface area contributed by atoms with Gasteiger partial charge in [0.05, 0.1) is 5.69 Å². The standard InChI is InChI=1S/C16H22ClN3/c1-4-18-14(10-13-7-5-6-8-16(13)17)11-15-9-12(2)19-20(15)3/h5-9,14,18H,4,10-11H2,1-3H3. The molecule has 0 aliphatic heterocycles. The second kappa shape index (κ2) is 6.91. The maximum Gasteiger partial charge on any atom is 0.0596 e. The summed E-state index contributed by atoms with van der Waals surface area (Å²) in [5, 5.41) is 8.80. The second-order valence-corrected chi connectivity index (χ2v) is 5.56. The van der Waals surface area contributed by atoms with Gasteiger partial charge in [-0.05, 0) is 37.6 Å². The number of hydrogen-bond donors (Lipinski definition) is 1. The summed E-state index contributed by atoms with van der Waals surface area (Å²) in [6, 6.07) is 10.6. The molecule has 4 heteroatoms. The molecule has 1 aromatic heterocycles. The molecule has 1 atom stereocenters. The van der Waals surface area contributed by atoms with Crippen molar-refractivity contribution in [3.05, 3.63) is 52.3 Å². The van der Waals surface area contributed by atoms with E-state index in [2.05, 4.69) is 29.5 Å². The molecule has 0 saturated heterocycles. The molecule has 2 rings (SSSR count). The van der Waals surface area contributed by atoms with E-state index in [1.54, 1.807) is 0 Å². The number of likely N-dealkylation sites (N-methyl/N-ethyl adjacent to an activating group) is 1. The van der Waals surface area contributed by atoms with E-state index in [1.165, 1.54) is 11.3 Å². The molecular formula is C16H22ClN3. The fourth-order valence-corrected chi connectivity index (χ4v) is 2.76. The molecule has 0 saturated carbocycles. The highest BCUT2D eigenvalue weighted by molar-refractivity contribution is 6.31. The first-order chi connectivity index (χ1) is 9.60. The van der Waals surface area contributed by atoms with Crippen molar-refractivity contribution in [3.63, 3.8) is 0 Å². The molecular weight excluding hydrogens is 270 g/mol. The van der Waals surface area contributed by atoms with E-state index in [-0.39, 0.29) is 0 Å². The van der Waals surface area contributed by atoms with E-state index >= 15 is 0 Å². The molecule has 0 aliphatic rings. The Hall–Kier alpha value is -1.32. The van der Waals surface area contributed by atoms with Crippen LogP contribution in [-0.2, 0) is 19.9 Å². The Morgan fingerprint density at radius 2 is 2.05 bits per heavy atom. The van der Waals surface area contributed by atoms with Gasteiger partial charge in [-0.3, -0.25) is 4.68 Å². The molecule has 108 valence electrons. The van der Waals surface area contributed by atoms with Gasteiger partial charge in [-0.1, -0.05) is 36.7 Å². The lowest BCUT2D eigenvalue weighted by molar-refractivity contribution is 0.504. The van der Waals surface area contributed by atoms with Crippen molar-refractivity contribution in [2.45, 2.75) is 32.7 Å². The lowest BCUT2D eigenvalue weighted by Gasteiger charge is -2.18. The summed E-state index contributed by atoms with van der Waals surface area (Å²) < 4.78 is 1.96. The average molecular weight is 292 g/mol. The number of hydrogen-bond acceptors (Lipinski definition) is 2.